The van der Waals surface area contributed by atoms with Gasteiger partial charge in [0.15, 0.2) is 0 Å². The Morgan fingerprint density at radius 2 is 1.86 bits per heavy atom. The van der Waals surface area contributed by atoms with Gasteiger partial charge in [-0.05, 0) is 69.2 Å². The van der Waals surface area contributed by atoms with Gasteiger partial charge in [-0.25, -0.2) is 0 Å². The van der Waals surface area contributed by atoms with Crippen molar-refractivity contribution in [3.8, 4) is 0 Å². The van der Waals surface area contributed by atoms with E-state index in [1.54, 1.807) is 0 Å². The summed E-state index contributed by atoms with van der Waals surface area (Å²) < 4.78 is 0. The molecule has 1 aromatic rings. The second kappa shape index (κ2) is 9.75. The molecule has 2 heterocycles. The van der Waals surface area contributed by atoms with Crippen molar-refractivity contribution in [3.05, 3.63) is 35.9 Å². The zero-order valence-electron chi connectivity index (χ0n) is 16.4. The van der Waals surface area contributed by atoms with E-state index in [-0.39, 0.29) is 36.3 Å². The van der Waals surface area contributed by atoms with Gasteiger partial charge in [-0.1, -0.05) is 31.0 Å². The quantitative estimate of drug-likeness (QED) is 0.809. The number of piperidine rings is 1. The molecule has 0 spiro atoms. The molecule has 0 bridgehead atoms. The zero-order chi connectivity index (χ0) is 18.6. The van der Waals surface area contributed by atoms with Gasteiger partial charge in [0.2, 0.25) is 5.91 Å². The third-order valence-electron chi connectivity index (χ3n) is 6.61. The van der Waals surface area contributed by atoms with Crippen molar-refractivity contribution in [2.45, 2.75) is 57.0 Å². The lowest BCUT2D eigenvalue weighted by Gasteiger charge is -2.34. The Morgan fingerprint density at radius 3 is 2.61 bits per heavy atom. The maximum Gasteiger partial charge on any atom is 0.254 e. The first kappa shape index (κ1) is 21.1. The lowest BCUT2D eigenvalue weighted by molar-refractivity contribution is -0.125. The Bertz CT molecular complexity index is 663. The number of nitrogens with zero attached hydrogens (tertiary/aromatic N) is 1. The SMILES string of the molecule is Cl.O=C(NCC1CCCNC1)C1CC2CCCCC2N1C(=O)c1ccccc1. The van der Waals surface area contributed by atoms with Gasteiger partial charge in [0.1, 0.15) is 6.04 Å². The minimum absolute atomic E-state index is 0. The third-order valence-corrected chi connectivity index (χ3v) is 6.61. The summed E-state index contributed by atoms with van der Waals surface area (Å²) in [5.74, 6) is 1.03. The van der Waals surface area contributed by atoms with Crippen LogP contribution in [0.5, 0.6) is 0 Å². The molecule has 2 amide bonds. The normalized spacial score (nSPS) is 29.5. The van der Waals surface area contributed by atoms with Crippen molar-refractivity contribution in [1.29, 1.82) is 0 Å². The van der Waals surface area contributed by atoms with Crippen LogP contribution in [0.4, 0.5) is 0 Å². The van der Waals surface area contributed by atoms with Gasteiger partial charge < -0.3 is 15.5 Å². The Hall–Kier alpha value is -1.59. The van der Waals surface area contributed by atoms with Gasteiger partial charge in [0.05, 0.1) is 0 Å². The average molecular weight is 406 g/mol. The molecule has 2 saturated heterocycles. The van der Waals surface area contributed by atoms with E-state index in [0.717, 1.165) is 45.2 Å². The van der Waals surface area contributed by atoms with Crippen LogP contribution < -0.4 is 10.6 Å². The molecule has 1 saturated carbocycles. The lowest BCUT2D eigenvalue weighted by Crippen LogP contribution is -2.50. The topological polar surface area (TPSA) is 61.4 Å². The molecular weight excluding hydrogens is 374 g/mol. The highest BCUT2D eigenvalue weighted by Crippen LogP contribution is 2.40. The van der Waals surface area contributed by atoms with Crippen LogP contribution in [0.15, 0.2) is 30.3 Å². The number of halogens is 1. The second-order valence-corrected chi connectivity index (χ2v) is 8.40. The fourth-order valence-corrected chi connectivity index (χ4v) is 5.18. The zero-order valence-corrected chi connectivity index (χ0v) is 17.3. The first-order valence-corrected chi connectivity index (χ1v) is 10.6. The van der Waals surface area contributed by atoms with E-state index < -0.39 is 0 Å². The summed E-state index contributed by atoms with van der Waals surface area (Å²) in [6.45, 7) is 2.77. The minimum atomic E-state index is -0.317. The molecule has 3 fully saturated rings. The lowest BCUT2D eigenvalue weighted by atomic mass is 9.84. The van der Waals surface area contributed by atoms with Crippen LogP contribution in [0.1, 0.15) is 55.3 Å². The van der Waals surface area contributed by atoms with E-state index in [4.69, 9.17) is 0 Å². The first-order chi connectivity index (χ1) is 13.2. The van der Waals surface area contributed by atoms with Crippen LogP contribution in [0.3, 0.4) is 0 Å². The summed E-state index contributed by atoms with van der Waals surface area (Å²) in [6, 6.07) is 9.34. The second-order valence-electron chi connectivity index (χ2n) is 8.40. The molecule has 0 radical (unpaired) electrons. The van der Waals surface area contributed by atoms with Crippen LogP contribution in [-0.2, 0) is 4.79 Å². The average Bonchev–Trinajstić information content (AvgIpc) is 3.12. The standard InChI is InChI=1S/C22H31N3O2.ClH/c26-21(24-15-16-7-6-12-23-14-16)20-13-18-10-4-5-11-19(18)25(20)22(27)17-8-2-1-3-9-17;/h1-3,8-9,16,18-20,23H,4-7,10-15H2,(H,24,26);1H. The number of benzene rings is 1. The maximum absolute atomic E-state index is 13.3. The number of nitrogens with one attached hydrogen (secondary N) is 2. The summed E-state index contributed by atoms with van der Waals surface area (Å²) in [6.07, 6.45) is 7.69. The molecule has 3 aliphatic rings. The molecule has 1 aliphatic carbocycles. The predicted octanol–water partition coefficient (Wildman–Crippen LogP) is 3.00. The van der Waals surface area contributed by atoms with Crippen LogP contribution in [0.25, 0.3) is 0 Å². The monoisotopic (exact) mass is 405 g/mol. The molecule has 6 heteroatoms. The number of carbonyl (C=O) groups excluding carboxylic acids is 2. The number of likely N-dealkylation sites (tertiary alicyclic amines) is 1. The fourth-order valence-electron chi connectivity index (χ4n) is 5.18. The van der Waals surface area contributed by atoms with Crippen LogP contribution in [-0.4, -0.2) is 48.4 Å². The summed E-state index contributed by atoms with van der Waals surface area (Å²) in [5.41, 5.74) is 0.693. The number of carbonyl (C=O) groups is 2. The van der Waals surface area contributed by atoms with Crippen LogP contribution in [0.2, 0.25) is 0 Å². The molecule has 4 rings (SSSR count). The predicted molar refractivity (Wildman–Crippen MR) is 113 cm³/mol. The van der Waals surface area contributed by atoms with Gasteiger partial charge in [-0.2, -0.15) is 0 Å². The Kier molecular flexibility index (Phi) is 7.36. The van der Waals surface area contributed by atoms with Gasteiger partial charge in [-0.3, -0.25) is 9.59 Å². The molecule has 154 valence electrons. The van der Waals surface area contributed by atoms with Gasteiger partial charge in [0, 0.05) is 18.2 Å². The van der Waals surface area contributed by atoms with Crippen LogP contribution in [0, 0.1) is 11.8 Å². The summed E-state index contributed by atoms with van der Waals surface area (Å²) in [5, 5.41) is 6.57. The van der Waals surface area contributed by atoms with Crippen molar-refractivity contribution in [2.24, 2.45) is 11.8 Å². The minimum Gasteiger partial charge on any atom is -0.354 e. The van der Waals surface area contributed by atoms with Crippen molar-refractivity contribution in [2.75, 3.05) is 19.6 Å². The van der Waals surface area contributed by atoms with Gasteiger partial charge in [-0.15, -0.1) is 12.4 Å². The molecular formula is C22H32ClN3O2. The van der Waals surface area contributed by atoms with Gasteiger partial charge >= 0.3 is 0 Å². The number of amides is 2. The molecule has 4 atom stereocenters. The summed E-state index contributed by atoms with van der Waals surface area (Å²) >= 11 is 0. The fraction of sp³-hybridized carbons (Fsp3) is 0.636. The Labute approximate surface area is 174 Å². The molecule has 2 aliphatic heterocycles. The first-order valence-electron chi connectivity index (χ1n) is 10.6. The Balaban J connectivity index is 0.00000225. The van der Waals surface area contributed by atoms with Crippen LogP contribution >= 0.6 is 12.4 Å². The van der Waals surface area contributed by atoms with E-state index in [9.17, 15) is 9.59 Å². The highest BCUT2D eigenvalue weighted by molar-refractivity contribution is 5.98. The van der Waals surface area contributed by atoms with Gasteiger partial charge in [0.25, 0.3) is 5.91 Å². The van der Waals surface area contributed by atoms with Crippen molar-refractivity contribution < 1.29 is 9.59 Å². The molecule has 4 unspecified atom stereocenters. The van der Waals surface area contributed by atoms with E-state index in [1.165, 1.54) is 12.8 Å². The maximum atomic E-state index is 13.3. The van der Waals surface area contributed by atoms with Crippen molar-refractivity contribution in [1.82, 2.24) is 15.5 Å². The van der Waals surface area contributed by atoms with E-state index in [2.05, 4.69) is 10.6 Å². The largest absolute Gasteiger partial charge is 0.354 e. The number of hydrogen-bond acceptors (Lipinski definition) is 3. The molecule has 28 heavy (non-hydrogen) atoms. The highest BCUT2D eigenvalue weighted by atomic mass is 35.5. The molecule has 1 aromatic carbocycles. The van der Waals surface area contributed by atoms with Crippen molar-refractivity contribution >= 4 is 24.2 Å². The highest BCUT2D eigenvalue weighted by Gasteiger charge is 2.47. The van der Waals surface area contributed by atoms with Crippen molar-refractivity contribution in [3.63, 3.8) is 0 Å². The number of hydrogen-bond donors (Lipinski definition) is 2. The third kappa shape index (κ3) is 4.52. The summed E-state index contributed by atoms with van der Waals surface area (Å²) in [7, 11) is 0. The molecule has 5 nitrogen and oxygen atoms in total. The Morgan fingerprint density at radius 1 is 1.07 bits per heavy atom. The van der Waals surface area contributed by atoms with E-state index in [1.807, 2.05) is 35.2 Å². The molecule has 2 N–H and O–H groups in total. The van der Waals surface area contributed by atoms with E-state index in [0.29, 0.717) is 23.9 Å². The number of fused-ring (bicyclic) bond motifs is 1. The smallest absolute Gasteiger partial charge is 0.254 e. The van der Waals surface area contributed by atoms with E-state index >= 15 is 0 Å². The molecule has 0 aromatic heterocycles. The summed E-state index contributed by atoms with van der Waals surface area (Å²) in [4.78, 5) is 28.2. The number of rotatable bonds is 4.